The first-order chi connectivity index (χ1) is 8.40. The SMILES string of the molecule is CCc1ccc(OC[C@@H](O)CNC(C)(C)C)cc1. The fraction of sp³-hybridized carbons (Fsp3) is 0.600. The van der Waals surface area contributed by atoms with Crippen LogP contribution in [-0.4, -0.2) is 29.9 Å². The number of rotatable bonds is 6. The van der Waals surface area contributed by atoms with Crippen LogP contribution in [0.15, 0.2) is 24.3 Å². The summed E-state index contributed by atoms with van der Waals surface area (Å²) in [5, 5.41) is 13.0. The van der Waals surface area contributed by atoms with Crippen LogP contribution in [0.25, 0.3) is 0 Å². The number of benzene rings is 1. The standard InChI is InChI=1S/C15H25NO2/c1-5-12-6-8-14(9-7-12)18-11-13(17)10-16-15(2,3)4/h6-9,13,16-17H,5,10-11H2,1-4H3/t13-/m0/s1. The lowest BCUT2D eigenvalue weighted by atomic mass is 10.1. The molecule has 0 bridgehead atoms. The predicted molar refractivity (Wildman–Crippen MR) is 75.1 cm³/mol. The summed E-state index contributed by atoms with van der Waals surface area (Å²) in [6.45, 7) is 9.20. The molecule has 3 nitrogen and oxygen atoms in total. The number of hydrogen-bond acceptors (Lipinski definition) is 3. The van der Waals surface area contributed by atoms with Crippen LogP contribution in [0.3, 0.4) is 0 Å². The predicted octanol–water partition coefficient (Wildman–Crippen LogP) is 2.38. The molecule has 0 radical (unpaired) electrons. The maximum Gasteiger partial charge on any atom is 0.119 e. The summed E-state index contributed by atoms with van der Waals surface area (Å²) in [5.41, 5.74) is 1.31. The van der Waals surface area contributed by atoms with Crippen molar-refractivity contribution in [1.82, 2.24) is 5.32 Å². The van der Waals surface area contributed by atoms with Gasteiger partial charge in [0.2, 0.25) is 0 Å². The molecule has 2 N–H and O–H groups in total. The van der Waals surface area contributed by atoms with Crippen molar-refractivity contribution in [2.75, 3.05) is 13.2 Å². The van der Waals surface area contributed by atoms with Crippen LogP contribution in [0.1, 0.15) is 33.3 Å². The van der Waals surface area contributed by atoms with E-state index >= 15 is 0 Å². The molecule has 0 heterocycles. The minimum absolute atomic E-state index is 0.0176. The van der Waals surface area contributed by atoms with Gasteiger partial charge >= 0.3 is 0 Å². The van der Waals surface area contributed by atoms with E-state index in [2.05, 4.69) is 45.1 Å². The number of ether oxygens (including phenoxy) is 1. The summed E-state index contributed by atoms with van der Waals surface area (Å²) in [4.78, 5) is 0. The van der Waals surface area contributed by atoms with Gasteiger partial charge in [0.1, 0.15) is 18.5 Å². The summed E-state index contributed by atoms with van der Waals surface area (Å²) < 4.78 is 5.54. The molecule has 0 amide bonds. The molecule has 1 aromatic rings. The smallest absolute Gasteiger partial charge is 0.119 e. The van der Waals surface area contributed by atoms with Crippen LogP contribution in [0.2, 0.25) is 0 Å². The molecule has 3 heteroatoms. The number of aliphatic hydroxyl groups excluding tert-OH is 1. The molecular formula is C15H25NO2. The van der Waals surface area contributed by atoms with Crippen molar-refractivity contribution in [3.8, 4) is 5.75 Å². The second-order valence-corrected chi connectivity index (χ2v) is 5.59. The molecule has 102 valence electrons. The van der Waals surface area contributed by atoms with Gasteiger partial charge in [-0.1, -0.05) is 19.1 Å². The molecular weight excluding hydrogens is 226 g/mol. The zero-order valence-corrected chi connectivity index (χ0v) is 11.9. The maximum absolute atomic E-state index is 9.79. The Hall–Kier alpha value is -1.06. The van der Waals surface area contributed by atoms with Crippen LogP contribution < -0.4 is 10.1 Å². The van der Waals surface area contributed by atoms with Gasteiger partial charge in [-0.3, -0.25) is 0 Å². The first-order valence-corrected chi connectivity index (χ1v) is 6.55. The fourth-order valence-corrected chi connectivity index (χ4v) is 1.50. The van der Waals surface area contributed by atoms with Gasteiger partial charge in [-0.2, -0.15) is 0 Å². The maximum atomic E-state index is 9.79. The van der Waals surface area contributed by atoms with Gasteiger partial charge in [-0.25, -0.2) is 0 Å². The van der Waals surface area contributed by atoms with E-state index in [0.29, 0.717) is 13.2 Å². The zero-order chi connectivity index (χ0) is 13.6. The van der Waals surface area contributed by atoms with Gasteiger partial charge in [-0.15, -0.1) is 0 Å². The Morgan fingerprint density at radius 1 is 1.22 bits per heavy atom. The van der Waals surface area contributed by atoms with Crippen molar-refractivity contribution in [3.63, 3.8) is 0 Å². The van der Waals surface area contributed by atoms with E-state index in [-0.39, 0.29) is 5.54 Å². The minimum Gasteiger partial charge on any atom is -0.491 e. The normalized spacial score (nSPS) is 13.4. The summed E-state index contributed by atoms with van der Waals surface area (Å²) in [6, 6.07) is 8.00. The molecule has 18 heavy (non-hydrogen) atoms. The fourth-order valence-electron chi connectivity index (χ4n) is 1.50. The van der Waals surface area contributed by atoms with E-state index in [0.717, 1.165) is 12.2 Å². The highest BCUT2D eigenvalue weighted by Crippen LogP contribution is 2.12. The van der Waals surface area contributed by atoms with E-state index in [1.54, 1.807) is 0 Å². The quantitative estimate of drug-likeness (QED) is 0.815. The van der Waals surface area contributed by atoms with Crippen molar-refractivity contribution in [2.45, 2.75) is 45.8 Å². The topological polar surface area (TPSA) is 41.5 Å². The molecule has 0 unspecified atom stereocenters. The van der Waals surface area contributed by atoms with Crippen LogP contribution in [-0.2, 0) is 6.42 Å². The molecule has 0 aliphatic heterocycles. The largest absolute Gasteiger partial charge is 0.491 e. The highest BCUT2D eigenvalue weighted by atomic mass is 16.5. The molecule has 0 aliphatic rings. The highest BCUT2D eigenvalue weighted by Gasteiger charge is 2.12. The number of aliphatic hydroxyl groups is 1. The van der Waals surface area contributed by atoms with Gasteiger partial charge < -0.3 is 15.2 Å². The van der Waals surface area contributed by atoms with Gasteiger partial charge in [0, 0.05) is 12.1 Å². The van der Waals surface area contributed by atoms with Gasteiger partial charge in [0.05, 0.1) is 0 Å². The molecule has 1 rings (SSSR count). The zero-order valence-electron chi connectivity index (χ0n) is 11.9. The Kier molecular flexibility index (Phi) is 5.63. The molecule has 0 spiro atoms. The van der Waals surface area contributed by atoms with Crippen molar-refractivity contribution < 1.29 is 9.84 Å². The third kappa shape index (κ3) is 6.03. The summed E-state index contributed by atoms with van der Waals surface area (Å²) >= 11 is 0. The Balaban J connectivity index is 2.31. The second kappa shape index (κ2) is 6.76. The van der Waals surface area contributed by atoms with Crippen molar-refractivity contribution in [1.29, 1.82) is 0 Å². The van der Waals surface area contributed by atoms with E-state index in [4.69, 9.17) is 4.74 Å². The lowest BCUT2D eigenvalue weighted by Gasteiger charge is -2.22. The lowest BCUT2D eigenvalue weighted by Crippen LogP contribution is -2.42. The molecule has 0 aliphatic carbocycles. The molecule has 0 fully saturated rings. The third-order valence-corrected chi connectivity index (χ3v) is 2.64. The Labute approximate surface area is 110 Å². The third-order valence-electron chi connectivity index (χ3n) is 2.64. The number of β-amino-alcohol motifs (C(OH)–C–C–N with tert-alkyl or cyclic N) is 1. The van der Waals surface area contributed by atoms with E-state index < -0.39 is 6.10 Å². The number of aryl methyl sites for hydroxylation is 1. The minimum atomic E-state index is -0.491. The Morgan fingerprint density at radius 2 is 1.83 bits per heavy atom. The summed E-state index contributed by atoms with van der Waals surface area (Å²) in [5.74, 6) is 0.807. The average Bonchev–Trinajstić information content (AvgIpc) is 2.33. The first-order valence-electron chi connectivity index (χ1n) is 6.55. The van der Waals surface area contributed by atoms with Crippen LogP contribution in [0.4, 0.5) is 0 Å². The molecule has 1 atom stereocenters. The van der Waals surface area contributed by atoms with E-state index in [1.165, 1.54) is 5.56 Å². The van der Waals surface area contributed by atoms with Crippen molar-refractivity contribution >= 4 is 0 Å². The average molecular weight is 251 g/mol. The molecule has 0 saturated heterocycles. The Morgan fingerprint density at radius 3 is 2.33 bits per heavy atom. The van der Waals surface area contributed by atoms with Gasteiger partial charge in [0.15, 0.2) is 0 Å². The van der Waals surface area contributed by atoms with Gasteiger partial charge in [-0.05, 0) is 44.9 Å². The second-order valence-electron chi connectivity index (χ2n) is 5.59. The molecule has 1 aromatic carbocycles. The van der Waals surface area contributed by atoms with Crippen molar-refractivity contribution in [3.05, 3.63) is 29.8 Å². The highest BCUT2D eigenvalue weighted by molar-refractivity contribution is 5.27. The first kappa shape index (κ1) is 15.0. The summed E-state index contributed by atoms with van der Waals surface area (Å²) in [7, 11) is 0. The Bertz CT molecular complexity index is 341. The van der Waals surface area contributed by atoms with Crippen LogP contribution >= 0.6 is 0 Å². The number of hydrogen-bond donors (Lipinski definition) is 2. The van der Waals surface area contributed by atoms with Crippen LogP contribution in [0.5, 0.6) is 5.75 Å². The lowest BCUT2D eigenvalue weighted by molar-refractivity contribution is 0.100. The monoisotopic (exact) mass is 251 g/mol. The van der Waals surface area contributed by atoms with Crippen LogP contribution in [0, 0.1) is 0 Å². The van der Waals surface area contributed by atoms with E-state index in [9.17, 15) is 5.11 Å². The molecule has 0 saturated carbocycles. The van der Waals surface area contributed by atoms with Crippen molar-refractivity contribution in [2.24, 2.45) is 0 Å². The number of nitrogens with one attached hydrogen (secondary N) is 1. The summed E-state index contributed by atoms with van der Waals surface area (Å²) in [6.07, 6.45) is 0.536. The van der Waals surface area contributed by atoms with E-state index in [1.807, 2.05) is 12.1 Å². The van der Waals surface area contributed by atoms with Gasteiger partial charge in [0.25, 0.3) is 0 Å². The molecule has 0 aromatic heterocycles.